The number of hydrazone groups is 1. The highest BCUT2D eigenvalue weighted by Gasteiger charge is 2.43. The van der Waals surface area contributed by atoms with E-state index in [0.29, 0.717) is 24.1 Å². The van der Waals surface area contributed by atoms with Crippen molar-refractivity contribution >= 4 is 17.4 Å². The first-order valence-corrected chi connectivity index (χ1v) is 10.8. The number of benzene rings is 3. The summed E-state index contributed by atoms with van der Waals surface area (Å²) in [5, 5.41) is 24.7. The van der Waals surface area contributed by atoms with Gasteiger partial charge in [-0.25, -0.2) is 9.18 Å². The number of halogens is 4. The number of fused-ring (bicyclic) bond motifs is 3. The number of nitriles is 1. The number of carboxylic acid groups (broad SMARTS) is 1. The molecular weight excluding hydrogens is 462 g/mol. The number of aryl methyl sites for hydroxylation is 1. The van der Waals surface area contributed by atoms with Gasteiger partial charge in [0.15, 0.2) is 0 Å². The predicted molar refractivity (Wildman–Crippen MR) is 120 cm³/mol. The number of carbonyl (C=O) groups is 1. The van der Waals surface area contributed by atoms with Gasteiger partial charge in [0, 0.05) is 11.5 Å². The summed E-state index contributed by atoms with van der Waals surface area (Å²) in [5.74, 6) is -1.70. The van der Waals surface area contributed by atoms with Gasteiger partial charge in [-0.05, 0) is 66.4 Å². The highest BCUT2D eigenvalue weighted by atomic mass is 19.4. The standard InChI is InChI=1S/C26H17F4N3O2/c27-18-6-1-14(2-7-18)24-21-10-4-15-11-16(25(34)35)5-9-20(15)23(21)32-33(24)19-8-3-17(13-31)22(12-19)26(28,29)30/h1-3,5-9,11-12,21,24H,4,10H2,(H,34,35). The summed E-state index contributed by atoms with van der Waals surface area (Å²) in [6, 6.07) is 15.0. The quantitative estimate of drug-likeness (QED) is 0.472. The van der Waals surface area contributed by atoms with Crippen LogP contribution in [0, 0.1) is 23.1 Å². The van der Waals surface area contributed by atoms with Gasteiger partial charge < -0.3 is 5.11 Å². The molecule has 3 aromatic carbocycles. The van der Waals surface area contributed by atoms with Crippen LogP contribution < -0.4 is 5.01 Å². The molecule has 0 aromatic heterocycles. The van der Waals surface area contributed by atoms with Crippen molar-refractivity contribution in [1.29, 1.82) is 5.26 Å². The van der Waals surface area contributed by atoms with Crippen LogP contribution in [0.4, 0.5) is 23.2 Å². The Morgan fingerprint density at radius 3 is 2.49 bits per heavy atom. The van der Waals surface area contributed by atoms with E-state index in [2.05, 4.69) is 0 Å². The Morgan fingerprint density at radius 1 is 1.09 bits per heavy atom. The molecule has 1 heterocycles. The molecule has 0 spiro atoms. The molecule has 0 saturated carbocycles. The van der Waals surface area contributed by atoms with Crippen molar-refractivity contribution in [2.24, 2.45) is 11.0 Å². The summed E-state index contributed by atoms with van der Waals surface area (Å²) in [7, 11) is 0. The molecule has 2 atom stereocenters. The Morgan fingerprint density at radius 2 is 1.83 bits per heavy atom. The molecule has 1 N–H and O–H groups in total. The van der Waals surface area contributed by atoms with Crippen LogP contribution in [0.15, 0.2) is 65.8 Å². The van der Waals surface area contributed by atoms with Gasteiger partial charge in [-0.2, -0.15) is 23.5 Å². The largest absolute Gasteiger partial charge is 0.478 e. The van der Waals surface area contributed by atoms with Crippen molar-refractivity contribution in [3.63, 3.8) is 0 Å². The number of anilines is 1. The first kappa shape index (κ1) is 22.6. The molecule has 1 aliphatic carbocycles. The third kappa shape index (κ3) is 3.91. The summed E-state index contributed by atoms with van der Waals surface area (Å²) >= 11 is 0. The monoisotopic (exact) mass is 479 g/mol. The first-order valence-electron chi connectivity index (χ1n) is 10.8. The average molecular weight is 479 g/mol. The Hall–Kier alpha value is -4.19. The molecule has 0 fully saturated rings. The molecule has 35 heavy (non-hydrogen) atoms. The summed E-state index contributed by atoms with van der Waals surface area (Å²) < 4.78 is 54.7. The lowest BCUT2D eigenvalue weighted by Gasteiger charge is -2.31. The third-order valence-electron chi connectivity index (χ3n) is 6.47. The van der Waals surface area contributed by atoms with Crippen molar-refractivity contribution < 1.29 is 27.5 Å². The van der Waals surface area contributed by atoms with Gasteiger partial charge in [-0.3, -0.25) is 5.01 Å². The average Bonchev–Trinajstić information content (AvgIpc) is 3.23. The summed E-state index contributed by atoms with van der Waals surface area (Å²) in [6.07, 6.45) is -3.59. The van der Waals surface area contributed by atoms with E-state index >= 15 is 0 Å². The third-order valence-corrected chi connectivity index (χ3v) is 6.47. The number of alkyl halides is 3. The summed E-state index contributed by atoms with van der Waals surface area (Å²) in [5.41, 5.74) is 1.60. The number of aromatic carboxylic acids is 1. The van der Waals surface area contributed by atoms with Crippen molar-refractivity contribution in [2.75, 3.05) is 5.01 Å². The minimum absolute atomic E-state index is 0.148. The molecule has 176 valence electrons. The summed E-state index contributed by atoms with van der Waals surface area (Å²) in [6.45, 7) is 0. The van der Waals surface area contributed by atoms with Gasteiger partial charge in [0.25, 0.3) is 0 Å². The maximum atomic E-state index is 13.7. The highest BCUT2D eigenvalue weighted by Crippen LogP contribution is 2.46. The van der Waals surface area contributed by atoms with Crippen LogP contribution in [0.1, 0.15) is 50.6 Å². The molecule has 3 aromatic rings. The predicted octanol–water partition coefficient (Wildman–Crippen LogP) is 5.94. The lowest BCUT2D eigenvalue weighted by molar-refractivity contribution is -0.137. The molecule has 5 rings (SSSR count). The second kappa shape index (κ2) is 8.24. The number of hydrogen-bond acceptors (Lipinski definition) is 4. The maximum Gasteiger partial charge on any atom is 0.417 e. The second-order valence-electron chi connectivity index (χ2n) is 8.49. The Bertz CT molecular complexity index is 1410. The van der Waals surface area contributed by atoms with Gasteiger partial charge in [-0.1, -0.05) is 18.2 Å². The lowest BCUT2D eigenvalue weighted by Crippen LogP contribution is -2.29. The van der Waals surface area contributed by atoms with Crippen molar-refractivity contribution in [3.8, 4) is 6.07 Å². The van der Waals surface area contributed by atoms with Crippen molar-refractivity contribution in [1.82, 2.24) is 0 Å². The van der Waals surface area contributed by atoms with Crippen LogP contribution in [0.25, 0.3) is 0 Å². The number of hydrogen-bond donors (Lipinski definition) is 1. The molecule has 5 nitrogen and oxygen atoms in total. The minimum atomic E-state index is -4.73. The summed E-state index contributed by atoms with van der Waals surface area (Å²) in [4.78, 5) is 11.4. The van der Waals surface area contributed by atoms with Crippen LogP contribution in [0.2, 0.25) is 0 Å². The normalized spacial score (nSPS) is 18.9. The highest BCUT2D eigenvalue weighted by molar-refractivity contribution is 6.07. The number of nitrogens with zero attached hydrogens (tertiary/aromatic N) is 3. The molecule has 0 saturated heterocycles. The molecular formula is C26H17F4N3O2. The van der Waals surface area contributed by atoms with Gasteiger partial charge in [0.2, 0.25) is 0 Å². The zero-order valence-corrected chi connectivity index (χ0v) is 18.1. The van der Waals surface area contributed by atoms with E-state index in [9.17, 15) is 27.5 Å². The Kier molecular flexibility index (Phi) is 5.32. The van der Waals surface area contributed by atoms with Crippen molar-refractivity contribution in [3.05, 3.63) is 99.9 Å². The molecule has 0 amide bonds. The van der Waals surface area contributed by atoms with Crippen molar-refractivity contribution in [2.45, 2.75) is 25.1 Å². The van der Waals surface area contributed by atoms with E-state index in [1.807, 2.05) is 0 Å². The topological polar surface area (TPSA) is 76.7 Å². The van der Waals surface area contributed by atoms with Crippen LogP contribution in [0.3, 0.4) is 0 Å². The van der Waals surface area contributed by atoms with E-state index < -0.39 is 35.1 Å². The van der Waals surface area contributed by atoms with Crippen LogP contribution >= 0.6 is 0 Å². The molecule has 0 radical (unpaired) electrons. The Balaban J connectivity index is 1.67. The van der Waals surface area contributed by atoms with Crippen LogP contribution in [-0.4, -0.2) is 16.8 Å². The van der Waals surface area contributed by atoms with Gasteiger partial charge in [0.05, 0.1) is 40.2 Å². The SMILES string of the molecule is N#Cc1ccc(N2N=C3c4ccc(C(=O)O)cc4CCC3C2c2ccc(F)cc2)cc1C(F)(F)F. The number of carboxylic acids is 1. The first-order chi connectivity index (χ1) is 16.7. The van der Waals surface area contributed by atoms with E-state index in [1.165, 1.54) is 29.3 Å². The molecule has 9 heteroatoms. The minimum Gasteiger partial charge on any atom is -0.478 e. The zero-order chi connectivity index (χ0) is 24.9. The fourth-order valence-electron chi connectivity index (χ4n) is 4.87. The van der Waals surface area contributed by atoms with E-state index in [0.717, 1.165) is 23.3 Å². The van der Waals surface area contributed by atoms with E-state index in [4.69, 9.17) is 10.4 Å². The van der Waals surface area contributed by atoms with Crippen LogP contribution in [-0.2, 0) is 12.6 Å². The van der Waals surface area contributed by atoms with Gasteiger partial charge in [0.1, 0.15) is 5.82 Å². The zero-order valence-electron chi connectivity index (χ0n) is 18.1. The molecule has 2 unspecified atom stereocenters. The van der Waals surface area contributed by atoms with Gasteiger partial charge in [-0.15, -0.1) is 0 Å². The van der Waals surface area contributed by atoms with Gasteiger partial charge >= 0.3 is 12.1 Å². The van der Waals surface area contributed by atoms with E-state index in [-0.39, 0.29) is 17.2 Å². The smallest absolute Gasteiger partial charge is 0.417 e. The lowest BCUT2D eigenvalue weighted by atomic mass is 9.77. The fraction of sp³-hybridized carbons (Fsp3) is 0.192. The number of rotatable bonds is 3. The van der Waals surface area contributed by atoms with Crippen LogP contribution in [0.5, 0.6) is 0 Å². The second-order valence-corrected chi connectivity index (χ2v) is 8.49. The molecule has 2 aliphatic rings. The molecule has 1 aliphatic heterocycles. The fourth-order valence-corrected chi connectivity index (χ4v) is 4.87. The maximum absolute atomic E-state index is 13.7. The van der Waals surface area contributed by atoms with E-state index in [1.54, 1.807) is 30.3 Å². The molecule has 0 bridgehead atoms. The Labute approximate surface area is 197 Å².